The molecule has 156 valence electrons. The zero-order valence-electron chi connectivity index (χ0n) is 16.9. The second-order valence-electron chi connectivity index (χ2n) is 7.09. The molecule has 0 fully saturated rings. The van der Waals surface area contributed by atoms with Crippen molar-refractivity contribution in [3.05, 3.63) is 50.9 Å². The molecule has 8 nitrogen and oxygen atoms in total. The summed E-state index contributed by atoms with van der Waals surface area (Å²) in [6.07, 6.45) is 0.629. The number of aromatic nitrogens is 2. The Hall–Kier alpha value is -3.20. The maximum Gasteiger partial charge on any atom is 0.349 e. The van der Waals surface area contributed by atoms with E-state index in [0.29, 0.717) is 38.6 Å². The summed E-state index contributed by atoms with van der Waals surface area (Å²) >= 11 is 1.13. The summed E-state index contributed by atoms with van der Waals surface area (Å²) in [6, 6.07) is 6.88. The highest BCUT2D eigenvalue weighted by molar-refractivity contribution is 7.20. The molecule has 0 radical (unpaired) electrons. The molecule has 0 saturated carbocycles. The van der Waals surface area contributed by atoms with Crippen molar-refractivity contribution in [1.29, 1.82) is 0 Å². The third-order valence-corrected chi connectivity index (χ3v) is 6.25. The number of rotatable bonds is 5. The summed E-state index contributed by atoms with van der Waals surface area (Å²) in [5.41, 5.74) is 0.955. The highest BCUT2D eigenvalue weighted by atomic mass is 32.1. The van der Waals surface area contributed by atoms with Crippen LogP contribution in [0.2, 0.25) is 0 Å². The van der Waals surface area contributed by atoms with E-state index in [1.807, 2.05) is 0 Å². The molecule has 0 saturated heterocycles. The van der Waals surface area contributed by atoms with Crippen LogP contribution in [0.3, 0.4) is 0 Å². The predicted molar refractivity (Wildman–Crippen MR) is 113 cm³/mol. The van der Waals surface area contributed by atoms with Crippen molar-refractivity contribution in [2.24, 2.45) is 0 Å². The standard InChI is InChI=1S/C21H21N3O5S/c1-11-16-19(23-15-8-5-9-24(15)20(16)26)30-17(11)21(27)29-12(2)18(25)22-13-6-4-7-14(10-13)28-3/h4,6-7,10,12H,5,8-9H2,1-3H3,(H,22,25). The maximum atomic E-state index is 12.8. The number of carbonyl (C=O) groups is 2. The number of esters is 1. The summed E-state index contributed by atoms with van der Waals surface area (Å²) < 4.78 is 12.2. The first kappa shape index (κ1) is 20.1. The van der Waals surface area contributed by atoms with Gasteiger partial charge in [-0.15, -0.1) is 11.3 Å². The molecule has 4 rings (SSSR count). The molecule has 1 N–H and O–H groups in total. The van der Waals surface area contributed by atoms with E-state index in [4.69, 9.17) is 9.47 Å². The normalized spacial score (nSPS) is 13.7. The summed E-state index contributed by atoms with van der Waals surface area (Å²) in [6.45, 7) is 3.85. The predicted octanol–water partition coefficient (Wildman–Crippen LogP) is 2.91. The molecule has 2 aromatic heterocycles. The Balaban J connectivity index is 1.52. The number of hydrogen-bond donors (Lipinski definition) is 1. The van der Waals surface area contributed by atoms with Crippen molar-refractivity contribution in [2.75, 3.05) is 12.4 Å². The van der Waals surface area contributed by atoms with Crippen LogP contribution in [0.5, 0.6) is 5.75 Å². The Kier molecular flexibility index (Phi) is 5.29. The van der Waals surface area contributed by atoms with Gasteiger partial charge in [0.25, 0.3) is 11.5 Å². The minimum absolute atomic E-state index is 0.121. The van der Waals surface area contributed by atoms with Gasteiger partial charge in [0.2, 0.25) is 0 Å². The number of anilines is 1. The second kappa shape index (κ2) is 7.91. The average Bonchev–Trinajstić information content (AvgIpc) is 3.33. The van der Waals surface area contributed by atoms with Gasteiger partial charge in [0.05, 0.1) is 12.5 Å². The molecule has 0 spiro atoms. The highest BCUT2D eigenvalue weighted by Crippen LogP contribution is 2.29. The summed E-state index contributed by atoms with van der Waals surface area (Å²) in [5, 5.41) is 3.15. The third kappa shape index (κ3) is 3.56. The number of nitrogens with zero attached hydrogens (tertiary/aromatic N) is 2. The highest BCUT2D eigenvalue weighted by Gasteiger charge is 2.26. The minimum Gasteiger partial charge on any atom is -0.497 e. The van der Waals surface area contributed by atoms with Crippen molar-refractivity contribution >= 4 is 39.1 Å². The molecule has 1 unspecified atom stereocenters. The molecule has 3 aromatic rings. The van der Waals surface area contributed by atoms with Gasteiger partial charge in [0.15, 0.2) is 6.10 Å². The van der Waals surface area contributed by atoms with Gasteiger partial charge < -0.3 is 14.8 Å². The second-order valence-corrected chi connectivity index (χ2v) is 8.09. The van der Waals surface area contributed by atoms with E-state index in [1.165, 1.54) is 14.0 Å². The van der Waals surface area contributed by atoms with Crippen LogP contribution in [0.4, 0.5) is 5.69 Å². The molecular weight excluding hydrogens is 406 g/mol. The van der Waals surface area contributed by atoms with Gasteiger partial charge in [0, 0.05) is 24.7 Å². The Morgan fingerprint density at radius 3 is 2.90 bits per heavy atom. The van der Waals surface area contributed by atoms with Crippen molar-refractivity contribution in [2.45, 2.75) is 39.3 Å². The number of benzene rings is 1. The molecule has 0 bridgehead atoms. The largest absolute Gasteiger partial charge is 0.497 e. The number of methoxy groups -OCH3 is 1. The number of aryl methyl sites for hydroxylation is 2. The fourth-order valence-corrected chi connectivity index (χ4v) is 4.56. The lowest BCUT2D eigenvalue weighted by Crippen LogP contribution is -2.30. The van der Waals surface area contributed by atoms with E-state index in [9.17, 15) is 14.4 Å². The number of fused-ring (bicyclic) bond motifs is 2. The van der Waals surface area contributed by atoms with E-state index >= 15 is 0 Å². The maximum absolute atomic E-state index is 12.8. The SMILES string of the molecule is COc1cccc(NC(=O)C(C)OC(=O)c2sc3nc4n(c(=O)c3c2C)CCC4)c1. The lowest BCUT2D eigenvalue weighted by Gasteiger charge is -2.13. The number of thiophene rings is 1. The molecule has 1 aromatic carbocycles. The van der Waals surface area contributed by atoms with Crippen LogP contribution in [0, 0.1) is 6.92 Å². The van der Waals surface area contributed by atoms with E-state index in [0.717, 1.165) is 30.0 Å². The van der Waals surface area contributed by atoms with Crippen LogP contribution in [0.15, 0.2) is 29.1 Å². The molecule has 3 heterocycles. The van der Waals surface area contributed by atoms with E-state index in [2.05, 4.69) is 10.3 Å². The first-order chi connectivity index (χ1) is 14.4. The lowest BCUT2D eigenvalue weighted by atomic mass is 10.2. The fraction of sp³-hybridized carbons (Fsp3) is 0.333. The van der Waals surface area contributed by atoms with E-state index in [-0.39, 0.29) is 5.56 Å². The van der Waals surface area contributed by atoms with Crippen molar-refractivity contribution in [1.82, 2.24) is 9.55 Å². The molecule has 0 aliphatic carbocycles. The van der Waals surface area contributed by atoms with Gasteiger partial charge in [-0.3, -0.25) is 14.2 Å². The number of carbonyl (C=O) groups excluding carboxylic acids is 2. The molecule has 9 heteroatoms. The van der Waals surface area contributed by atoms with Gasteiger partial charge in [-0.05, 0) is 38.0 Å². The van der Waals surface area contributed by atoms with Crippen LogP contribution in [-0.4, -0.2) is 34.6 Å². The molecule has 1 aliphatic rings. The molecule has 1 atom stereocenters. The number of amides is 1. The minimum atomic E-state index is -1.02. The van der Waals surface area contributed by atoms with Crippen molar-refractivity contribution < 1.29 is 19.1 Å². The molecular formula is C21H21N3O5S. The third-order valence-electron chi connectivity index (χ3n) is 5.09. The molecule has 1 aliphatic heterocycles. The van der Waals surface area contributed by atoms with Crippen LogP contribution in [0.25, 0.3) is 10.2 Å². The van der Waals surface area contributed by atoms with Crippen LogP contribution in [0.1, 0.15) is 34.4 Å². The molecule has 1 amide bonds. The Bertz CT molecular complexity index is 1210. The summed E-state index contributed by atoms with van der Waals surface area (Å²) in [7, 11) is 1.54. The van der Waals surface area contributed by atoms with Crippen molar-refractivity contribution in [3.63, 3.8) is 0 Å². The average molecular weight is 427 g/mol. The van der Waals surface area contributed by atoms with Gasteiger partial charge in [-0.2, -0.15) is 0 Å². The van der Waals surface area contributed by atoms with E-state index < -0.39 is 18.0 Å². The monoisotopic (exact) mass is 427 g/mol. The van der Waals surface area contributed by atoms with Crippen LogP contribution in [-0.2, 0) is 22.5 Å². The quantitative estimate of drug-likeness (QED) is 0.629. The lowest BCUT2D eigenvalue weighted by molar-refractivity contribution is -0.123. The Morgan fingerprint density at radius 2 is 2.13 bits per heavy atom. The smallest absolute Gasteiger partial charge is 0.349 e. The van der Waals surface area contributed by atoms with Gasteiger partial charge in [-0.25, -0.2) is 9.78 Å². The topological polar surface area (TPSA) is 99.5 Å². The molecule has 30 heavy (non-hydrogen) atoms. The van der Waals surface area contributed by atoms with Gasteiger partial charge in [0.1, 0.15) is 21.3 Å². The first-order valence-corrected chi connectivity index (χ1v) is 10.4. The number of nitrogens with one attached hydrogen (secondary N) is 1. The fourth-order valence-electron chi connectivity index (χ4n) is 3.48. The zero-order valence-corrected chi connectivity index (χ0v) is 17.7. The number of hydrogen-bond acceptors (Lipinski definition) is 7. The van der Waals surface area contributed by atoms with Gasteiger partial charge in [-0.1, -0.05) is 6.07 Å². The zero-order chi connectivity index (χ0) is 21.4. The first-order valence-electron chi connectivity index (χ1n) is 9.57. The Labute approximate surface area is 176 Å². The summed E-state index contributed by atoms with van der Waals surface area (Å²) in [4.78, 5) is 43.3. The van der Waals surface area contributed by atoms with Crippen LogP contribution < -0.4 is 15.6 Å². The summed E-state index contributed by atoms with van der Waals surface area (Å²) in [5.74, 6) is 0.240. The van der Waals surface area contributed by atoms with Crippen LogP contribution >= 0.6 is 11.3 Å². The van der Waals surface area contributed by atoms with E-state index in [1.54, 1.807) is 35.8 Å². The Morgan fingerprint density at radius 1 is 1.33 bits per heavy atom. The number of ether oxygens (including phenoxy) is 2. The van der Waals surface area contributed by atoms with Gasteiger partial charge >= 0.3 is 5.97 Å². The van der Waals surface area contributed by atoms with Crippen molar-refractivity contribution in [3.8, 4) is 5.75 Å².